The normalized spacial score (nSPS) is 13.3. The minimum atomic E-state index is -0.548. The number of anilines is 1. The number of nitrogens with zero attached hydrogens (tertiary/aromatic N) is 1. The fourth-order valence-corrected chi connectivity index (χ4v) is 4.54. The van der Waals surface area contributed by atoms with Crippen LogP contribution in [0, 0.1) is 0 Å². The maximum Gasteiger partial charge on any atom is 0.341 e. The number of halogens is 1. The highest BCUT2D eigenvalue weighted by Crippen LogP contribution is 2.38. The number of ether oxygens (including phenoxy) is 1. The van der Waals surface area contributed by atoms with Crippen molar-refractivity contribution < 1.29 is 19.4 Å². The van der Waals surface area contributed by atoms with E-state index in [0.29, 0.717) is 20.6 Å². The number of hydrogen-bond donors (Lipinski definition) is 3. The molecule has 2 aromatic rings. The molecule has 0 saturated heterocycles. The number of rotatable bonds is 4. The van der Waals surface area contributed by atoms with E-state index in [1.165, 1.54) is 30.7 Å². The largest absolute Gasteiger partial charge is 0.507 e. The molecule has 27 heavy (non-hydrogen) atoms. The number of fused-ring (bicyclic) bond motifs is 1. The van der Waals surface area contributed by atoms with Gasteiger partial charge in [-0.15, -0.1) is 11.3 Å². The Morgan fingerprint density at radius 1 is 1.33 bits per heavy atom. The summed E-state index contributed by atoms with van der Waals surface area (Å²) in [5, 5.41) is 16.5. The number of carbonyl (C=O) groups is 2. The number of hydrogen-bond acceptors (Lipinski definition) is 6. The molecule has 0 aliphatic heterocycles. The van der Waals surface area contributed by atoms with E-state index >= 15 is 0 Å². The van der Waals surface area contributed by atoms with Gasteiger partial charge in [0.25, 0.3) is 0 Å². The molecule has 0 bridgehead atoms. The molecule has 0 atom stereocenters. The molecule has 142 valence electrons. The van der Waals surface area contributed by atoms with Crippen molar-refractivity contribution in [2.45, 2.75) is 25.7 Å². The third-order valence-corrected chi connectivity index (χ3v) is 5.98. The Morgan fingerprint density at radius 3 is 2.85 bits per heavy atom. The number of urea groups is 1. The van der Waals surface area contributed by atoms with E-state index in [9.17, 15) is 14.7 Å². The monoisotopic (exact) mass is 451 g/mol. The fraction of sp³-hybridized carbons (Fsp3) is 0.278. The maximum absolute atomic E-state index is 12.2. The number of thiophene rings is 1. The quantitative estimate of drug-likeness (QED) is 0.371. The molecule has 0 radical (unpaired) electrons. The van der Waals surface area contributed by atoms with Crippen molar-refractivity contribution in [2.75, 3.05) is 12.4 Å². The molecule has 1 aliphatic rings. The number of methoxy groups -OCH3 is 1. The zero-order chi connectivity index (χ0) is 19.4. The molecule has 0 unspecified atom stereocenters. The van der Waals surface area contributed by atoms with Crippen LogP contribution in [0.2, 0.25) is 0 Å². The first-order valence-electron chi connectivity index (χ1n) is 8.31. The van der Waals surface area contributed by atoms with Crippen LogP contribution in [-0.4, -0.2) is 30.4 Å². The van der Waals surface area contributed by atoms with Gasteiger partial charge in [0.05, 0.1) is 23.4 Å². The number of phenols is 1. The lowest BCUT2D eigenvalue weighted by molar-refractivity contribution is 0.0601. The lowest BCUT2D eigenvalue weighted by Gasteiger charge is -2.11. The lowest BCUT2D eigenvalue weighted by Crippen LogP contribution is -2.24. The predicted octanol–water partition coefficient (Wildman–Crippen LogP) is 4.04. The van der Waals surface area contributed by atoms with Crippen LogP contribution in [0.25, 0.3) is 0 Å². The minimum Gasteiger partial charge on any atom is -0.507 e. The molecule has 1 aromatic carbocycles. The highest BCUT2D eigenvalue weighted by atomic mass is 79.9. The first-order valence-corrected chi connectivity index (χ1v) is 9.92. The highest BCUT2D eigenvalue weighted by Gasteiger charge is 2.26. The third kappa shape index (κ3) is 4.48. The van der Waals surface area contributed by atoms with Crippen LogP contribution in [-0.2, 0) is 17.6 Å². The van der Waals surface area contributed by atoms with Gasteiger partial charge in [0.1, 0.15) is 10.8 Å². The van der Waals surface area contributed by atoms with Crippen molar-refractivity contribution in [2.24, 2.45) is 5.10 Å². The Labute approximate surface area is 168 Å². The average Bonchev–Trinajstić information content (AvgIpc) is 3.01. The molecule has 9 heteroatoms. The van der Waals surface area contributed by atoms with Gasteiger partial charge in [-0.1, -0.05) is 0 Å². The van der Waals surface area contributed by atoms with Crippen molar-refractivity contribution in [3.8, 4) is 5.75 Å². The van der Waals surface area contributed by atoms with Crippen molar-refractivity contribution in [3.05, 3.63) is 44.2 Å². The number of phenolic OH excluding ortho intramolecular Hbond substituents is 1. The van der Waals surface area contributed by atoms with E-state index in [4.69, 9.17) is 4.74 Å². The molecule has 1 heterocycles. The van der Waals surface area contributed by atoms with Crippen LogP contribution in [0.5, 0.6) is 5.75 Å². The predicted molar refractivity (Wildman–Crippen MR) is 108 cm³/mol. The third-order valence-electron chi connectivity index (χ3n) is 4.14. The number of nitrogens with one attached hydrogen (secondary N) is 2. The molecule has 1 aliphatic carbocycles. The molecule has 3 rings (SSSR count). The molecule has 0 saturated carbocycles. The van der Waals surface area contributed by atoms with E-state index in [0.717, 1.165) is 36.1 Å². The molecule has 7 nitrogen and oxygen atoms in total. The first kappa shape index (κ1) is 19.4. The van der Waals surface area contributed by atoms with E-state index in [1.54, 1.807) is 12.1 Å². The zero-order valence-electron chi connectivity index (χ0n) is 14.5. The topological polar surface area (TPSA) is 100 Å². The standard InChI is InChI=1S/C18H18BrN3O4S/c1-26-17(24)15-11-4-2-3-5-14(11)27-16(15)21-18(25)22-20-9-10-6-7-13(23)12(19)8-10/h6-9,23H,2-5H2,1H3,(H2,21,22,25). The van der Waals surface area contributed by atoms with Crippen LogP contribution in [0.1, 0.15) is 39.2 Å². The highest BCUT2D eigenvalue weighted by molar-refractivity contribution is 9.10. The van der Waals surface area contributed by atoms with Crippen molar-refractivity contribution in [1.29, 1.82) is 0 Å². The number of hydrazone groups is 1. The second-order valence-corrected chi connectivity index (χ2v) is 7.90. The Bertz CT molecular complexity index is 910. The van der Waals surface area contributed by atoms with Crippen LogP contribution in [0.4, 0.5) is 9.80 Å². The van der Waals surface area contributed by atoms with Crippen LogP contribution < -0.4 is 10.7 Å². The van der Waals surface area contributed by atoms with Gasteiger partial charge in [0.2, 0.25) is 0 Å². The summed E-state index contributed by atoms with van der Waals surface area (Å²) in [6.45, 7) is 0. The number of amides is 2. The maximum atomic E-state index is 12.2. The van der Waals surface area contributed by atoms with Crippen molar-refractivity contribution >= 4 is 50.5 Å². The summed E-state index contributed by atoms with van der Waals surface area (Å²) >= 11 is 4.62. The molecule has 3 N–H and O–H groups in total. The Morgan fingerprint density at radius 2 is 2.11 bits per heavy atom. The van der Waals surface area contributed by atoms with Gasteiger partial charge >= 0.3 is 12.0 Å². The van der Waals surface area contributed by atoms with Crippen molar-refractivity contribution in [3.63, 3.8) is 0 Å². The van der Waals surface area contributed by atoms with Crippen LogP contribution in [0.15, 0.2) is 27.8 Å². The van der Waals surface area contributed by atoms with E-state index < -0.39 is 12.0 Å². The van der Waals surface area contributed by atoms with Gasteiger partial charge in [-0.05, 0) is 70.9 Å². The minimum absolute atomic E-state index is 0.120. The van der Waals surface area contributed by atoms with Crippen molar-refractivity contribution in [1.82, 2.24) is 5.43 Å². The number of aryl methyl sites for hydroxylation is 1. The Hall–Kier alpha value is -2.39. The van der Waals surface area contributed by atoms with E-state index in [-0.39, 0.29) is 5.75 Å². The van der Waals surface area contributed by atoms with E-state index in [1.807, 2.05) is 0 Å². The smallest absolute Gasteiger partial charge is 0.341 e. The number of aromatic hydroxyl groups is 1. The Balaban J connectivity index is 1.70. The summed E-state index contributed by atoms with van der Waals surface area (Å²) in [6.07, 6.45) is 5.26. The molecule has 1 aromatic heterocycles. The number of carbonyl (C=O) groups excluding carboxylic acids is 2. The van der Waals surface area contributed by atoms with Gasteiger partial charge in [-0.3, -0.25) is 5.32 Å². The molecular formula is C18H18BrN3O4S. The lowest BCUT2D eigenvalue weighted by atomic mass is 9.95. The summed E-state index contributed by atoms with van der Waals surface area (Å²) in [5.74, 6) is -0.322. The van der Waals surface area contributed by atoms with Gasteiger partial charge in [-0.2, -0.15) is 5.10 Å². The van der Waals surface area contributed by atoms with Gasteiger partial charge in [0.15, 0.2) is 0 Å². The summed E-state index contributed by atoms with van der Waals surface area (Å²) in [4.78, 5) is 25.5. The van der Waals surface area contributed by atoms with Gasteiger partial charge in [-0.25, -0.2) is 15.0 Å². The number of benzene rings is 1. The molecular weight excluding hydrogens is 434 g/mol. The Kier molecular flexibility index (Phi) is 6.12. The summed E-state index contributed by atoms with van der Waals surface area (Å²) in [7, 11) is 1.33. The van der Waals surface area contributed by atoms with E-state index in [2.05, 4.69) is 31.8 Å². The van der Waals surface area contributed by atoms with Crippen LogP contribution in [0.3, 0.4) is 0 Å². The second-order valence-electron chi connectivity index (χ2n) is 5.94. The second kappa shape index (κ2) is 8.53. The summed E-state index contributed by atoms with van der Waals surface area (Å²) in [6, 6.07) is 4.30. The summed E-state index contributed by atoms with van der Waals surface area (Å²) in [5.41, 5.74) is 4.49. The van der Waals surface area contributed by atoms with Crippen LogP contribution >= 0.6 is 27.3 Å². The first-order chi connectivity index (χ1) is 13.0. The zero-order valence-corrected chi connectivity index (χ0v) is 16.9. The number of esters is 1. The molecule has 0 fully saturated rings. The average molecular weight is 452 g/mol. The summed E-state index contributed by atoms with van der Waals surface area (Å²) < 4.78 is 5.41. The fourth-order valence-electron chi connectivity index (χ4n) is 2.87. The SMILES string of the molecule is COC(=O)c1c(NC(=O)NN=Cc2ccc(O)c(Br)c2)sc2c1CCCC2. The molecule has 2 amide bonds. The molecule has 0 spiro atoms. The van der Waals surface area contributed by atoms with Gasteiger partial charge in [0, 0.05) is 4.88 Å². The van der Waals surface area contributed by atoms with Gasteiger partial charge < -0.3 is 9.84 Å².